The van der Waals surface area contributed by atoms with Crippen molar-refractivity contribution >= 4 is 60.4 Å². The molecule has 61 heavy (non-hydrogen) atoms. The lowest BCUT2D eigenvalue weighted by Gasteiger charge is -2.28. The highest BCUT2D eigenvalue weighted by atomic mass is 15.1. The van der Waals surface area contributed by atoms with Crippen molar-refractivity contribution < 1.29 is 0 Å². The van der Waals surface area contributed by atoms with Gasteiger partial charge in [0.2, 0.25) is 0 Å². The number of para-hydroxylation sites is 2. The van der Waals surface area contributed by atoms with Gasteiger partial charge in [0.25, 0.3) is 0 Å². The lowest BCUT2D eigenvalue weighted by Crippen LogP contribution is -2.16. The van der Waals surface area contributed by atoms with E-state index in [1.807, 2.05) is 0 Å². The molecule has 0 N–H and O–H groups in total. The first kappa shape index (κ1) is 35.3. The molecular weight excluding hydrogens is 737 g/mol. The molecule has 2 nitrogen and oxygen atoms in total. The molecule has 0 atom stereocenters. The van der Waals surface area contributed by atoms with Crippen LogP contribution >= 0.6 is 0 Å². The Morgan fingerprint density at radius 3 is 1.70 bits per heavy atom. The van der Waals surface area contributed by atoms with E-state index in [0.29, 0.717) is 0 Å². The second-order valence-corrected chi connectivity index (χ2v) is 17.0. The maximum absolute atomic E-state index is 2.40. The molecule has 11 aromatic rings. The summed E-state index contributed by atoms with van der Waals surface area (Å²) in [6, 6.07) is 80.3. The predicted octanol–water partition coefficient (Wildman–Crippen LogP) is 16.2. The van der Waals surface area contributed by atoms with Crippen molar-refractivity contribution in [3.63, 3.8) is 0 Å². The maximum Gasteiger partial charge on any atom is 0.0547 e. The Morgan fingerprint density at radius 2 is 0.918 bits per heavy atom. The topological polar surface area (TPSA) is 8.17 Å². The van der Waals surface area contributed by atoms with Crippen molar-refractivity contribution in [2.75, 3.05) is 4.90 Å². The minimum atomic E-state index is -0.0713. The molecule has 1 aliphatic rings. The van der Waals surface area contributed by atoms with Crippen LogP contribution in [0, 0.1) is 0 Å². The zero-order valence-corrected chi connectivity index (χ0v) is 34.2. The van der Waals surface area contributed by atoms with Crippen LogP contribution in [0.2, 0.25) is 0 Å². The van der Waals surface area contributed by atoms with Crippen molar-refractivity contribution in [2.24, 2.45) is 0 Å². The van der Waals surface area contributed by atoms with Crippen molar-refractivity contribution in [1.29, 1.82) is 0 Å². The third-order valence-corrected chi connectivity index (χ3v) is 13.1. The van der Waals surface area contributed by atoms with Gasteiger partial charge < -0.3 is 9.47 Å². The van der Waals surface area contributed by atoms with E-state index in [4.69, 9.17) is 0 Å². The molecule has 0 aliphatic heterocycles. The molecule has 0 fully saturated rings. The molecule has 288 valence electrons. The summed E-state index contributed by atoms with van der Waals surface area (Å²) in [6.07, 6.45) is 0. The fraction of sp³-hybridized carbons (Fsp3) is 0.0508. The summed E-state index contributed by atoms with van der Waals surface area (Å²) in [4.78, 5) is 2.38. The summed E-state index contributed by atoms with van der Waals surface area (Å²) < 4.78 is 2.40. The van der Waals surface area contributed by atoms with Crippen molar-refractivity contribution in [1.82, 2.24) is 4.57 Å². The largest absolute Gasteiger partial charge is 0.310 e. The molecule has 1 heterocycles. The average molecular weight is 779 g/mol. The number of anilines is 3. The number of rotatable bonds is 6. The molecule has 10 aromatic carbocycles. The molecule has 0 bridgehead atoms. The van der Waals surface area contributed by atoms with Crippen LogP contribution in [0.3, 0.4) is 0 Å². The summed E-state index contributed by atoms with van der Waals surface area (Å²) in [7, 11) is 0. The Kier molecular flexibility index (Phi) is 7.92. The SMILES string of the molecule is CC1(C)c2ccccc2-c2ccc(N(c3ccccc3)c3ccc(-c4ccc5cc(-c6ccc7c(c6)c6c8ccccc8ccc6n7-c6ccccc6)ccc5c4)cc3)cc21. The number of nitrogens with zero attached hydrogens (tertiary/aromatic N) is 2. The number of benzene rings is 10. The van der Waals surface area contributed by atoms with E-state index in [1.165, 1.54) is 93.5 Å². The smallest absolute Gasteiger partial charge is 0.0547 e. The average Bonchev–Trinajstić information content (AvgIpc) is 3.77. The summed E-state index contributed by atoms with van der Waals surface area (Å²) in [5.41, 5.74) is 17.2. The van der Waals surface area contributed by atoms with Crippen LogP contribution in [0.5, 0.6) is 0 Å². The molecular formula is C59H42N2. The molecule has 12 rings (SSSR count). The van der Waals surface area contributed by atoms with E-state index in [2.05, 4.69) is 242 Å². The quantitative estimate of drug-likeness (QED) is 0.163. The van der Waals surface area contributed by atoms with Gasteiger partial charge in [-0.05, 0) is 145 Å². The van der Waals surface area contributed by atoms with E-state index < -0.39 is 0 Å². The van der Waals surface area contributed by atoms with Gasteiger partial charge in [0.05, 0.1) is 11.0 Å². The zero-order chi connectivity index (χ0) is 40.7. The van der Waals surface area contributed by atoms with Crippen LogP contribution in [0.25, 0.3) is 82.4 Å². The fourth-order valence-electron chi connectivity index (χ4n) is 10.1. The Balaban J connectivity index is 0.889. The summed E-state index contributed by atoms with van der Waals surface area (Å²) in [5, 5.41) is 7.56. The van der Waals surface area contributed by atoms with E-state index in [1.54, 1.807) is 0 Å². The van der Waals surface area contributed by atoms with Gasteiger partial charge in [0, 0.05) is 38.9 Å². The predicted molar refractivity (Wildman–Crippen MR) is 259 cm³/mol. The van der Waals surface area contributed by atoms with Crippen LogP contribution in [-0.2, 0) is 5.41 Å². The maximum atomic E-state index is 2.40. The van der Waals surface area contributed by atoms with Crippen LogP contribution in [0.4, 0.5) is 17.1 Å². The van der Waals surface area contributed by atoms with Crippen molar-refractivity contribution in [3.05, 3.63) is 230 Å². The minimum Gasteiger partial charge on any atom is -0.310 e. The Morgan fingerprint density at radius 1 is 0.361 bits per heavy atom. The van der Waals surface area contributed by atoms with E-state index in [0.717, 1.165) is 17.1 Å². The molecule has 0 unspecified atom stereocenters. The van der Waals surface area contributed by atoms with E-state index >= 15 is 0 Å². The number of hydrogen-bond donors (Lipinski definition) is 0. The van der Waals surface area contributed by atoms with Gasteiger partial charge in [0.1, 0.15) is 0 Å². The monoisotopic (exact) mass is 778 g/mol. The third kappa shape index (κ3) is 5.64. The molecule has 0 amide bonds. The summed E-state index contributed by atoms with van der Waals surface area (Å²) in [6.45, 7) is 4.70. The number of fused-ring (bicyclic) bond motifs is 9. The first-order valence-corrected chi connectivity index (χ1v) is 21.3. The van der Waals surface area contributed by atoms with Gasteiger partial charge in [0.15, 0.2) is 0 Å². The first-order chi connectivity index (χ1) is 30.0. The summed E-state index contributed by atoms with van der Waals surface area (Å²) >= 11 is 0. The molecule has 0 radical (unpaired) electrons. The van der Waals surface area contributed by atoms with E-state index in [-0.39, 0.29) is 5.41 Å². The van der Waals surface area contributed by atoms with Gasteiger partial charge >= 0.3 is 0 Å². The van der Waals surface area contributed by atoms with Crippen molar-refractivity contribution in [3.8, 4) is 39.1 Å². The standard InChI is InChI=1S/C59H42N2/c1-59(2)54-20-12-11-19-51(54)52-32-31-49(38-55(52)59)60(46-14-5-3-6-15-46)48-29-25-39(26-30-48)41-21-22-43-36-44(24-23-42(43)35-41)45-28-33-56-53(37-45)58-50-18-10-9-13-40(50)27-34-57(58)61(56)47-16-7-4-8-17-47/h3-38H,1-2H3. The highest BCUT2D eigenvalue weighted by Gasteiger charge is 2.35. The fourth-order valence-corrected chi connectivity index (χ4v) is 10.1. The molecule has 1 aliphatic carbocycles. The highest BCUT2D eigenvalue weighted by molar-refractivity contribution is 6.22. The van der Waals surface area contributed by atoms with Crippen LogP contribution in [0.1, 0.15) is 25.0 Å². The normalized spacial score (nSPS) is 12.9. The lowest BCUT2D eigenvalue weighted by molar-refractivity contribution is 0.660. The molecule has 0 saturated heterocycles. The Bertz CT molecular complexity index is 3480. The van der Waals surface area contributed by atoms with Crippen molar-refractivity contribution in [2.45, 2.75) is 19.3 Å². The number of hydrogen-bond acceptors (Lipinski definition) is 1. The van der Waals surface area contributed by atoms with E-state index in [9.17, 15) is 0 Å². The third-order valence-electron chi connectivity index (χ3n) is 13.1. The second-order valence-electron chi connectivity index (χ2n) is 17.0. The van der Waals surface area contributed by atoms with Gasteiger partial charge in [-0.15, -0.1) is 0 Å². The van der Waals surface area contributed by atoms with Crippen LogP contribution in [0.15, 0.2) is 218 Å². The molecule has 0 spiro atoms. The Hall–Kier alpha value is -7.68. The van der Waals surface area contributed by atoms with Gasteiger partial charge in [-0.3, -0.25) is 0 Å². The van der Waals surface area contributed by atoms with Crippen LogP contribution in [-0.4, -0.2) is 4.57 Å². The first-order valence-electron chi connectivity index (χ1n) is 21.3. The van der Waals surface area contributed by atoms with Gasteiger partial charge in [-0.2, -0.15) is 0 Å². The highest BCUT2D eigenvalue weighted by Crippen LogP contribution is 2.50. The molecule has 1 aromatic heterocycles. The van der Waals surface area contributed by atoms with Gasteiger partial charge in [-0.25, -0.2) is 0 Å². The minimum absolute atomic E-state index is 0.0713. The zero-order valence-electron chi connectivity index (χ0n) is 34.2. The summed E-state index contributed by atoms with van der Waals surface area (Å²) in [5.74, 6) is 0. The van der Waals surface area contributed by atoms with Gasteiger partial charge in [-0.1, -0.05) is 153 Å². The number of aromatic nitrogens is 1. The van der Waals surface area contributed by atoms with Crippen LogP contribution < -0.4 is 4.90 Å². The molecule has 0 saturated carbocycles. The second kappa shape index (κ2) is 13.7. The lowest BCUT2D eigenvalue weighted by atomic mass is 9.82. The Labute approximate surface area is 356 Å². The molecule has 2 heteroatoms.